The molecule has 2 aromatic rings. The maximum Gasteiger partial charge on any atom is 0.285 e. The zero-order chi connectivity index (χ0) is 8.55. The van der Waals surface area contributed by atoms with Gasteiger partial charge >= 0.3 is 0 Å². The summed E-state index contributed by atoms with van der Waals surface area (Å²) in [4.78, 5) is 4.30. The van der Waals surface area contributed by atoms with Crippen LogP contribution >= 0.6 is 15.9 Å². The second kappa shape index (κ2) is 2.71. The molecule has 0 aliphatic carbocycles. The minimum Gasteiger partial charge on any atom is -0.409 e. The van der Waals surface area contributed by atoms with Crippen molar-refractivity contribution in [1.82, 2.24) is 19.7 Å². The highest BCUT2D eigenvalue weighted by molar-refractivity contribution is 9.10. The molecule has 0 aromatic carbocycles. The highest BCUT2D eigenvalue weighted by atomic mass is 79.9. The highest BCUT2D eigenvalue weighted by Gasteiger charge is 2.09. The molecule has 6 heteroatoms. The summed E-state index contributed by atoms with van der Waals surface area (Å²) in [6, 6.07) is 0. The fourth-order valence-corrected chi connectivity index (χ4v) is 1.10. The van der Waals surface area contributed by atoms with E-state index in [1.807, 2.05) is 7.05 Å². The largest absolute Gasteiger partial charge is 0.409 e. The van der Waals surface area contributed by atoms with E-state index in [1.165, 1.54) is 0 Å². The second-order valence-corrected chi connectivity index (χ2v) is 2.93. The Morgan fingerprint density at radius 3 is 2.83 bits per heavy atom. The van der Waals surface area contributed by atoms with E-state index in [4.69, 9.17) is 4.42 Å². The molecule has 0 bridgehead atoms. The predicted molar refractivity (Wildman–Crippen MR) is 44.2 cm³/mol. The van der Waals surface area contributed by atoms with Crippen LogP contribution in [0.2, 0.25) is 0 Å². The predicted octanol–water partition coefficient (Wildman–Crippen LogP) is 1.23. The third-order valence-electron chi connectivity index (χ3n) is 1.44. The van der Waals surface area contributed by atoms with Gasteiger partial charge in [-0.2, -0.15) is 0 Å². The van der Waals surface area contributed by atoms with Gasteiger partial charge in [-0.05, 0) is 0 Å². The maximum atomic E-state index is 5.14. The van der Waals surface area contributed by atoms with Crippen LogP contribution < -0.4 is 0 Å². The van der Waals surface area contributed by atoms with Gasteiger partial charge in [0.1, 0.15) is 5.69 Å². The fraction of sp³-hybridized carbons (Fsp3) is 0.167. The first kappa shape index (κ1) is 7.48. The number of rotatable bonds is 1. The summed E-state index contributed by atoms with van der Waals surface area (Å²) in [7, 11) is 1.86. The van der Waals surface area contributed by atoms with E-state index in [2.05, 4.69) is 31.1 Å². The molecule has 0 unspecified atom stereocenters. The lowest BCUT2D eigenvalue weighted by Gasteiger charge is -1.92. The van der Waals surface area contributed by atoms with E-state index in [1.54, 1.807) is 17.1 Å². The summed E-state index contributed by atoms with van der Waals surface area (Å²) in [5.74, 6) is 0.460. The lowest BCUT2D eigenvalue weighted by molar-refractivity contribution is 0.536. The third-order valence-corrected chi connectivity index (χ3v) is 1.76. The first-order valence-electron chi connectivity index (χ1n) is 3.23. The van der Waals surface area contributed by atoms with E-state index in [0.717, 1.165) is 5.69 Å². The molecule has 0 aliphatic rings. The molecule has 2 heterocycles. The molecule has 0 spiro atoms. The van der Waals surface area contributed by atoms with Crippen molar-refractivity contribution >= 4 is 15.9 Å². The third kappa shape index (κ3) is 1.14. The molecule has 0 saturated carbocycles. The van der Waals surface area contributed by atoms with Gasteiger partial charge in [0, 0.05) is 23.0 Å². The van der Waals surface area contributed by atoms with Gasteiger partial charge in [-0.15, -0.1) is 10.2 Å². The van der Waals surface area contributed by atoms with Gasteiger partial charge in [-0.3, -0.25) is 0 Å². The molecule has 2 aromatic heterocycles. The van der Waals surface area contributed by atoms with Crippen LogP contribution in [0.15, 0.2) is 21.7 Å². The zero-order valence-corrected chi connectivity index (χ0v) is 7.82. The van der Waals surface area contributed by atoms with Gasteiger partial charge in [0.2, 0.25) is 0 Å². The highest BCUT2D eigenvalue weighted by Crippen LogP contribution is 2.18. The van der Waals surface area contributed by atoms with Crippen molar-refractivity contribution in [2.24, 2.45) is 7.05 Å². The lowest BCUT2D eigenvalue weighted by Crippen LogP contribution is -1.88. The average Bonchev–Trinajstić information content (AvgIpc) is 2.58. The van der Waals surface area contributed by atoms with Crippen molar-refractivity contribution in [2.75, 3.05) is 0 Å². The number of aromatic nitrogens is 4. The number of hydrogen-bond acceptors (Lipinski definition) is 4. The molecule has 0 aliphatic heterocycles. The van der Waals surface area contributed by atoms with Gasteiger partial charge in [0.15, 0.2) is 0 Å². The van der Waals surface area contributed by atoms with Crippen molar-refractivity contribution in [3.63, 3.8) is 0 Å². The first-order valence-corrected chi connectivity index (χ1v) is 4.02. The molecule has 0 saturated heterocycles. The van der Waals surface area contributed by atoms with Crippen molar-refractivity contribution in [3.8, 4) is 11.6 Å². The van der Waals surface area contributed by atoms with Gasteiger partial charge in [-0.1, -0.05) is 0 Å². The molecule has 5 nitrogen and oxygen atoms in total. The molecule has 0 fully saturated rings. The van der Waals surface area contributed by atoms with Crippen LogP contribution in [-0.4, -0.2) is 19.7 Å². The van der Waals surface area contributed by atoms with E-state index in [-0.39, 0.29) is 0 Å². The van der Waals surface area contributed by atoms with Crippen molar-refractivity contribution in [1.29, 1.82) is 0 Å². The van der Waals surface area contributed by atoms with Gasteiger partial charge < -0.3 is 8.98 Å². The maximum absolute atomic E-state index is 5.14. The minimum atomic E-state index is 0.374. The van der Waals surface area contributed by atoms with Crippen LogP contribution in [0.5, 0.6) is 0 Å². The monoisotopic (exact) mass is 228 g/mol. The topological polar surface area (TPSA) is 56.7 Å². The van der Waals surface area contributed by atoms with Crippen molar-refractivity contribution in [3.05, 3.63) is 17.3 Å². The van der Waals surface area contributed by atoms with E-state index in [9.17, 15) is 0 Å². The van der Waals surface area contributed by atoms with E-state index in [0.29, 0.717) is 10.7 Å². The first-order chi connectivity index (χ1) is 5.77. The Bertz CT molecular complexity index is 394. The summed E-state index contributed by atoms with van der Waals surface area (Å²) < 4.78 is 6.95. The average molecular weight is 229 g/mol. The van der Waals surface area contributed by atoms with Gasteiger partial charge in [-0.25, -0.2) is 4.98 Å². The Morgan fingerprint density at radius 2 is 2.33 bits per heavy atom. The summed E-state index contributed by atoms with van der Waals surface area (Å²) >= 11 is 3.07. The molecule has 12 heavy (non-hydrogen) atoms. The SMILES string of the molecule is Cn1cncc1-c1nnc(Br)o1. The second-order valence-electron chi connectivity index (χ2n) is 2.25. The molecule has 0 amide bonds. The Hall–Kier alpha value is -1.17. The summed E-state index contributed by atoms with van der Waals surface area (Å²) in [6.45, 7) is 0. The summed E-state index contributed by atoms with van der Waals surface area (Å²) in [6.07, 6.45) is 3.34. The normalized spacial score (nSPS) is 10.5. The van der Waals surface area contributed by atoms with Crippen LogP contribution in [0.25, 0.3) is 11.6 Å². The quantitative estimate of drug-likeness (QED) is 0.737. The lowest BCUT2D eigenvalue weighted by atomic mass is 10.5. The standard InChI is InChI=1S/C6H5BrN4O/c1-11-3-8-2-4(11)5-9-10-6(7)12-5/h2-3H,1H3. The minimum absolute atomic E-state index is 0.374. The number of halogens is 1. The Kier molecular flexibility index (Phi) is 1.69. The Morgan fingerprint density at radius 1 is 1.50 bits per heavy atom. The molecular weight excluding hydrogens is 224 g/mol. The molecular formula is C6H5BrN4O. The zero-order valence-electron chi connectivity index (χ0n) is 6.23. The van der Waals surface area contributed by atoms with Crippen molar-refractivity contribution in [2.45, 2.75) is 0 Å². The Balaban J connectivity index is 2.50. The van der Waals surface area contributed by atoms with Crippen LogP contribution in [-0.2, 0) is 7.05 Å². The fourth-order valence-electron chi connectivity index (χ4n) is 0.872. The van der Waals surface area contributed by atoms with Crippen LogP contribution in [0, 0.1) is 0 Å². The molecule has 0 radical (unpaired) electrons. The van der Waals surface area contributed by atoms with Crippen LogP contribution in [0.4, 0.5) is 0 Å². The molecule has 0 N–H and O–H groups in total. The van der Waals surface area contributed by atoms with E-state index < -0.39 is 0 Å². The molecule has 62 valence electrons. The molecule has 0 atom stereocenters. The van der Waals surface area contributed by atoms with Gasteiger partial charge in [0.25, 0.3) is 10.7 Å². The summed E-state index contributed by atoms with van der Waals surface area (Å²) in [5, 5.41) is 7.47. The summed E-state index contributed by atoms with van der Waals surface area (Å²) in [5.41, 5.74) is 0.799. The van der Waals surface area contributed by atoms with Crippen LogP contribution in [0.3, 0.4) is 0 Å². The van der Waals surface area contributed by atoms with Crippen molar-refractivity contribution < 1.29 is 4.42 Å². The van der Waals surface area contributed by atoms with Crippen LogP contribution in [0.1, 0.15) is 0 Å². The number of aryl methyl sites for hydroxylation is 1. The number of imidazole rings is 1. The van der Waals surface area contributed by atoms with Gasteiger partial charge in [0.05, 0.1) is 12.5 Å². The smallest absolute Gasteiger partial charge is 0.285 e. The number of hydrogen-bond donors (Lipinski definition) is 0. The number of nitrogens with zero attached hydrogens (tertiary/aromatic N) is 4. The molecule has 2 rings (SSSR count). The van der Waals surface area contributed by atoms with E-state index >= 15 is 0 Å². The Labute approximate surface area is 76.6 Å².